The lowest BCUT2D eigenvalue weighted by atomic mass is 10.3. The van der Waals surface area contributed by atoms with E-state index in [-0.39, 0.29) is 0 Å². The van der Waals surface area contributed by atoms with Crippen LogP contribution in [0.15, 0.2) is 0 Å². The standard InChI is InChI=1S/C27H56O10/c1-3-5-7-9-29-11-13-31-15-17-33-19-21-35-23-25-37-27-26-36-24-22-34-20-18-32-16-14-30-12-10-28-8-6-4-2/h3-27H2,1-2H3. The molecule has 0 aromatic rings. The molecule has 10 heteroatoms. The number of rotatable bonds is 34. The topological polar surface area (TPSA) is 92.3 Å². The Morgan fingerprint density at radius 3 is 0.622 bits per heavy atom. The van der Waals surface area contributed by atoms with Crippen LogP contribution in [0.1, 0.15) is 46.0 Å². The van der Waals surface area contributed by atoms with Gasteiger partial charge in [0.1, 0.15) is 0 Å². The van der Waals surface area contributed by atoms with E-state index >= 15 is 0 Å². The van der Waals surface area contributed by atoms with Crippen molar-refractivity contribution >= 4 is 0 Å². The fraction of sp³-hybridized carbons (Fsp3) is 1.00. The average molecular weight is 541 g/mol. The molecule has 0 aliphatic carbocycles. The summed E-state index contributed by atoms with van der Waals surface area (Å²) in [5.74, 6) is 0. The minimum absolute atomic E-state index is 0.534. The molecule has 224 valence electrons. The van der Waals surface area contributed by atoms with E-state index in [1.807, 2.05) is 0 Å². The van der Waals surface area contributed by atoms with Crippen molar-refractivity contribution in [2.45, 2.75) is 46.0 Å². The van der Waals surface area contributed by atoms with Crippen LogP contribution in [0.5, 0.6) is 0 Å². The lowest BCUT2D eigenvalue weighted by molar-refractivity contribution is -0.0264. The fourth-order valence-electron chi connectivity index (χ4n) is 2.78. The summed E-state index contributed by atoms with van der Waals surface area (Å²) in [5, 5.41) is 0. The van der Waals surface area contributed by atoms with Crippen LogP contribution in [0, 0.1) is 0 Å². The molecule has 0 saturated carbocycles. The SMILES string of the molecule is CCCCCOCCOCCOCCOCCOCCOCCOCCOCCOCCOCCCC. The molecule has 10 nitrogen and oxygen atoms in total. The van der Waals surface area contributed by atoms with Gasteiger partial charge in [-0.15, -0.1) is 0 Å². The summed E-state index contributed by atoms with van der Waals surface area (Å²) in [6.07, 6.45) is 5.81. The predicted molar refractivity (Wildman–Crippen MR) is 143 cm³/mol. The van der Waals surface area contributed by atoms with Gasteiger partial charge in [0, 0.05) is 13.2 Å². The second kappa shape index (κ2) is 35.6. The van der Waals surface area contributed by atoms with Gasteiger partial charge in [0.05, 0.1) is 119 Å². The Morgan fingerprint density at radius 1 is 0.216 bits per heavy atom. The molecule has 0 radical (unpaired) electrons. The Kier molecular flexibility index (Phi) is 35.2. The molecule has 0 aromatic carbocycles. The smallest absolute Gasteiger partial charge is 0.0701 e. The maximum atomic E-state index is 5.48. The molecule has 0 heterocycles. The van der Waals surface area contributed by atoms with Gasteiger partial charge in [-0.05, 0) is 12.8 Å². The van der Waals surface area contributed by atoms with E-state index in [1.54, 1.807) is 0 Å². The van der Waals surface area contributed by atoms with Crippen LogP contribution < -0.4 is 0 Å². The van der Waals surface area contributed by atoms with Gasteiger partial charge in [-0.3, -0.25) is 0 Å². The second-order valence-electron chi connectivity index (χ2n) is 8.18. The molecule has 0 fully saturated rings. The molecule has 0 unspecified atom stereocenters. The zero-order valence-electron chi connectivity index (χ0n) is 23.8. The van der Waals surface area contributed by atoms with Gasteiger partial charge >= 0.3 is 0 Å². The molecule has 37 heavy (non-hydrogen) atoms. The van der Waals surface area contributed by atoms with Crippen molar-refractivity contribution in [1.82, 2.24) is 0 Å². The summed E-state index contributed by atoms with van der Waals surface area (Å²) in [7, 11) is 0. The quantitative estimate of drug-likeness (QED) is 0.113. The molecule has 0 aromatic heterocycles. The Balaban J connectivity index is 3.00. The summed E-state index contributed by atoms with van der Waals surface area (Å²) in [4.78, 5) is 0. The zero-order chi connectivity index (χ0) is 26.7. The van der Waals surface area contributed by atoms with Crippen LogP contribution in [0.2, 0.25) is 0 Å². The number of hydrogen-bond donors (Lipinski definition) is 0. The van der Waals surface area contributed by atoms with Crippen molar-refractivity contribution in [3.63, 3.8) is 0 Å². The molecular weight excluding hydrogens is 484 g/mol. The van der Waals surface area contributed by atoms with E-state index < -0.39 is 0 Å². The number of unbranched alkanes of at least 4 members (excludes halogenated alkanes) is 3. The average Bonchev–Trinajstić information content (AvgIpc) is 2.91. The molecule has 0 aliphatic rings. The van der Waals surface area contributed by atoms with Crippen LogP contribution in [0.4, 0.5) is 0 Å². The van der Waals surface area contributed by atoms with Gasteiger partial charge in [0.25, 0.3) is 0 Å². The Hall–Kier alpha value is -0.400. The predicted octanol–water partition coefficient (Wildman–Crippen LogP) is 3.14. The first-order chi connectivity index (χ1) is 18.4. The van der Waals surface area contributed by atoms with Gasteiger partial charge in [-0.25, -0.2) is 0 Å². The highest BCUT2D eigenvalue weighted by Crippen LogP contribution is 1.94. The van der Waals surface area contributed by atoms with E-state index in [1.165, 1.54) is 12.8 Å². The van der Waals surface area contributed by atoms with Crippen molar-refractivity contribution in [1.29, 1.82) is 0 Å². The first-order valence-electron chi connectivity index (χ1n) is 14.2. The molecular formula is C27H56O10. The summed E-state index contributed by atoms with van der Waals surface area (Å²) in [6.45, 7) is 16.2. The third kappa shape index (κ3) is 35.6. The highest BCUT2D eigenvalue weighted by atomic mass is 16.6. The largest absolute Gasteiger partial charge is 0.379 e. The van der Waals surface area contributed by atoms with Gasteiger partial charge in [0.2, 0.25) is 0 Å². The first kappa shape index (κ1) is 36.6. The molecule has 0 bridgehead atoms. The van der Waals surface area contributed by atoms with Crippen molar-refractivity contribution in [3.05, 3.63) is 0 Å². The second-order valence-corrected chi connectivity index (χ2v) is 8.18. The summed E-state index contributed by atoms with van der Waals surface area (Å²) in [6, 6.07) is 0. The normalized spacial score (nSPS) is 11.5. The summed E-state index contributed by atoms with van der Waals surface area (Å²) < 4.78 is 54.5. The minimum atomic E-state index is 0.534. The highest BCUT2D eigenvalue weighted by Gasteiger charge is 1.96. The Morgan fingerprint density at radius 2 is 0.405 bits per heavy atom. The summed E-state index contributed by atoms with van der Waals surface area (Å²) >= 11 is 0. The lowest BCUT2D eigenvalue weighted by Crippen LogP contribution is -2.15. The van der Waals surface area contributed by atoms with Gasteiger partial charge in [0.15, 0.2) is 0 Å². The first-order valence-corrected chi connectivity index (χ1v) is 14.2. The zero-order valence-corrected chi connectivity index (χ0v) is 23.8. The van der Waals surface area contributed by atoms with Crippen LogP contribution >= 0.6 is 0 Å². The Bertz CT molecular complexity index is 356. The van der Waals surface area contributed by atoms with Crippen molar-refractivity contribution in [2.75, 3.05) is 132 Å². The van der Waals surface area contributed by atoms with Gasteiger partial charge in [-0.1, -0.05) is 33.1 Å². The van der Waals surface area contributed by atoms with E-state index in [0.29, 0.717) is 119 Å². The Labute approximate surface area is 225 Å². The molecule has 0 amide bonds. The van der Waals surface area contributed by atoms with E-state index in [0.717, 1.165) is 32.5 Å². The molecule has 0 rings (SSSR count). The number of ether oxygens (including phenoxy) is 10. The van der Waals surface area contributed by atoms with Crippen molar-refractivity contribution in [3.8, 4) is 0 Å². The third-order valence-corrected chi connectivity index (χ3v) is 4.88. The number of hydrogen-bond acceptors (Lipinski definition) is 10. The minimum Gasteiger partial charge on any atom is -0.379 e. The van der Waals surface area contributed by atoms with E-state index in [9.17, 15) is 0 Å². The van der Waals surface area contributed by atoms with Crippen LogP contribution in [-0.4, -0.2) is 132 Å². The van der Waals surface area contributed by atoms with Crippen LogP contribution in [-0.2, 0) is 47.4 Å². The molecule has 0 atom stereocenters. The molecule has 0 saturated heterocycles. The van der Waals surface area contributed by atoms with Crippen LogP contribution in [0.25, 0.3) is 0 Å². The lowest BCUT2D eigenvalue weighted by Gasteiger charge is -2.09. The van der Waals surface area contributed by atoms with E-state index in [4.69, 9.17) is 47.4 Å². The monoisotopic (exact) mass is 540 g/mol. The third-order valence-electron chi connectivity index (χ3n) is 4.88. The maximum absolute atomic E-state index is 5.48. The van der Waals surface area contributed by atoms with E-state index in [2.05, 4.69) is 13.8 Å². The molecule has 0 spiro atoms. The van der Waals surface area contributed by atoms with Gasteiger partial charge < -0.3 is 47.4 Å². The van der Waals surface area contributed by atoms with Crippen molar-refractivity contribution < 1.29 is 47.4 Å². The summed E-state index contributed by atoms with van der Waals surface area (Å²) in [5.41, 5.74) is 0. The molecule has 0 N–H and O–H groups in total. The highest BCUT2D eigenvalue weighted by molar-refractivity contribution is 4.39. The maximum Gasteiger partial charge on any atom is 0.0701 e. The van der Waals surface area contributed by atoms with Crippen LogP contribution in [0.3, 0.4) is 0 Å². The molecule has 0 aliphatic heterocycles. The van der Waals surface area contributed by atoms with Gasteiger partial charge in [-0.2, -0.15) is 0 Å². The fourth-order valence-corrected chi connectivity index (χ4v) is 2.78. The van der Waals surface area contributed by atoms with Crippen molar-refractivity contribution in [2.24, 2.45) is 0 Å².